The summed E-state index contributed by atoms with van der Waals surface area (Å²) >= 11 is 0. The summed E-state index contributed by atoms with van der Waals surface area (Å²) in [7, 11) is 0. The molecule has 0 spiro atoms. The Morgan fingerprint density at radius 2 is 1.91 bits per heavy atom. The Kier molecular flexibility index (Phi) is 4.89. The monoisotopic (exact) mass is 317 g/mol. The maximum atomic E-state index is 13.8. The van der Waals surface area contributed by atoms with E-state index in [0.717, 1.165) is 18.2 Å². The Balaban J connectivity index is 2.05. The molecular formula is C14H14F3NO4. The van der Waals surface area contributed by atoms with Crippen molar-refractivity contribution in [2.45, 2.75) is 19.5 Å². The van der Waals surface area contributed by atoms with Crippen molar-refractivity contribution in [2.75, 3.05) is 13.1 Å². The number of likely N-dealkylation sites (tertiary alicyclic amines) is 1. The molecule has 22 heavy (non-hydrogen) atoms. The number of rotatable bonds is 4. The van der Waals surface area contributed by atoms with Gasteiger partial charge in [0.1, 0.15) is 11.6 Å². The predicted molar refractivity (Wildman–Crippen MR) is 69.3 cm³/mol. The number of alkyl halides is 2. The number of aliphatic carboxylic acids is 1. The minimum Gasteiger partial charge on any atom is -0.481 e. The van der Waals surface area contributed by atoms with E-state index in [1.165, 1.54) is 4.90 Å². The van der Waals surface area contributed by atoms with Gasteiger partial charge in [0.2, 0.25) is 0 Å². The van der Waals surface area contributed by atoms with Crippen LogP contribution in [0.5, 0.6) is 5.75 Å². The van der Waals surface area contributed by atoms with E-state index in [1.54, 1.807) is 0 Å². The van der Waals surface area contributed by atoms with Crippen LogP contribution in [-0.2, 0) is 4.79 Å². The van der Waals surface area contributed by atoms with Gasteiger partial charge in [0.05, 0.1) is 11.5 Å². The molecule has 0 unspecified atom stereocenters. The summed E-state index contributed by atoms with van der Waals surface area (Å²) in [6.45, 7) is -2.65. The van der Waals surface area contributed by atoms with Crippen molar-refractivity contribution in [3.05, 3.63) is 29.6 Å². The molecule has 1 aliphatic heterocycles. The normalized spacial score (nSPS) is 15.9. The van der Waals surface area contributed by atoms with Crippen molar-refractivity contribution in [1.29, 1.82) is 0 Å². The third-order valence-corrected chi connectivity index (χ3v) is 3.53. The highest BCUT2D eigenvalue weighted by molar-refractivity contribution is 5.94. The second-order valence-corrected chi connectivity index (χ2v) is 4.92. The molecule has 0 aliphatic carbocycles. The van der Waals surface area contributed by atoms with Crippen LogP contribution in [0.4, 0.5) is 13.2 Å². The Bertz CT molecular complexity index is 571. The fourth-order valence-corrected chi connectivity index (χ4v) is 2.35. The van der Waals surface area contributed by atoms with Gasteiger partial charge < -0.3 is 14.7 Å². The lowest BCUT2D eigenvalue weighted by molar-refractivity contribution is -0.143. The number of hydrogen-bond acceptors (Lipinski definition) is 3. The summed E-state index contributed by atoms with van der Waals surface area (Å²) in [5.41, 5.74) is -0.254. The van der Waals surface area contributed by atoms with Crippen LogP contribution in [0.3, 0.4) is 0 Å². The molecule has 1 aromatic carbocycles. The van der Waals surface area contributed by atoms with Crippen LogP contribution < -0.4 is 4.74 Å². The van der Waals surface area contributed by atoms with Crippen LogP contribution in [0.1, 0.15) is 23.2 Å². The smallest absolute Gasteiger partial charge is 0.387 e. The lowest BCUT2D eigenvalue weighted by Crippen LogP contribution is -2.40. The molecule has 8 heteroatoms. The van der Waals surface area contributed by atoms with Gasteiger partial charge in [-0.2, -0.15) is 8.78 Å². The first-order chi connectivity index (χ1) is 10.4. The number of nitrogens with zero attached hydrogens (tertiary/aromatic N) is 1. The van der Waals surface area contributed by atoms with Crippen molar-refractivity contribution in [1.82, 2.24) is 4.90 Å². The Morgan fingerprint density at radius 3 is 2.41 bits per heavy atom. The number of benzene rings is 1. The van der Waals surface area contributed by atoms with Crippen molar-refractivity contribution >= 4 is 11.9 Å². The van der Waals surface area contributed by atoms with Gasteiger partial charge in [0.15, 0.2) is 0 Å². The highest BCUT2D eigenvalue weighted by atomic mass is 19.3. The van der Waals surface area contributed by atoms with Crippen molar-refractivity contribution < 1.29 is 32.6 Å². The molecule has 2 rings (SSSR count). The zero-order chi connectivity index (χ0) is 16.3. The number of carbonyl (C=O) groups is 2. The molecule has 0 aromatic heterocycles. The maximum Gasteiger partial charge on any atom is 0.387 e. The van der Waals surface area contributed by atoms with E-state index in [9.17, 15) is 22.8 Å². The number of carboxylic acid groups (broad SMARTS) is 1. The standard InChI is InChI=1S/C14H14F3NO4/c15-11-7-9(22-14(16)17)1-2-10(11)12(19)18-5-3-8(4-6-18)13(20)21/h1-2,7-8,14H,3-6H2,(H,20,21). The number of hydrogen-bond donors (Lipinski definition) is 1. The first-order valence-corrected chi connectivity index (χ1v) is 6.65. The molecule has 1 saturated heterocycles. The van der Waals surface area contributed by atoms with E-state index in [-0.39, 0.29) is 24.4 Å². The van der Waals surface area contributed by atoms with Gasteiger partial charge >= 0.3 is 12.6 Å². The van der Waals surface area contributed by atoms with Crippen LogP contribution in [0.15, 0.2) is 18.2 Å². The molecule has 0 saturated carbocycles. The minimum atomic E-state index is -3.07. The molecule has 120 valence electrons. The van der Waals surface area contributed by atoms with Crippen molar-refractivity contribution in [3.8, 4) is 5.75 Å². The molecular weight excluding hydrogens is 303 g/mol. The Hall–Kier alpha value is -2.25. The highest BCUT2D eigenvalue weighted by Gasteiger charge is 2.28. The number of piperidine rings is 1. The molecule has 1 N–H and O–H groups in total. The molecule has 1 fully saturated rings. The van der Waals surface area contributed by atoms with Crippen LogP contribution in [0, 0.1) is 11.7 Å². The number of carbonyl (C=O) groups excluding carboxylic acids is 1. The third-order valence-electron chi connectivity index (χ3n) is 3.53. The van der Waals surface area contributed by atoms with Gasteiger partial charge in [-0.25, -0.2) is 4.39 Å². The molecule has 1 heterocycles. The molecule has 1 amide bonds. The highest BCUT2D eigenvalue weighted by Crippen LogP contribution is 2.23. The lowest BCUT2D eigenvalue weighted by atomic mass is 9.96. The zero-order valence-corrected chi connectivity index (χ0v) is 11.5. The average Bonchev–Trinajstić information content (AvgIpc) is 2.46. The topological polar surface area (TPSA) is 66.8 Å². The van der Waals surface area contributed by atoms with Gasteiger partial charge in [0, 0.05) is 19.2 Å². The van der Waals surface area contributed by atoms with E-state index < -0.39 is 30.2 Å². The van der Waals surface area contributed by atoms with E-state index in [4.69, 9.17) is 5.11 Å². The third kappa shape index (κ3) is 3.69. The largest absolute Gasteiger partial charge is 0.481 e. The van der Waals surface area contributed by atoms with E-state index >= 15 is 0 Å². The first-order valence-electron chi connectivity index (χ1n) is 6.65. The summed E-state index contributed by atoms with van der Waals surface area (Å²) in [6.07, 6.45) is 0.602. The number of carboxylic acids is 1. The number of ether oxygens (including phenoxy) is 1. The summed E-state index contributed by atoms with van der Waals surface area (Å²) in [4.78, 5) is 24.4. The van der Waals surface area contributed by atoms with Crippen molar-refractivity contribution in [2.24, 2.45) is 5.92 Å². The van der Waals surface area contributed by atoms with Crippen LogP contribution in [-0.4, -0.2) is 41.6 Å². The summed E-state index contributed by atoms with van der Waals surface area (Å²) in [5, 5.41) is 8.89. The maximum absolute atomic E-state index is 13.8. The molecule has 0 radical (unpaired) electrons. The molecule has 1 aromatic rings. The van der Waals surface area contributed by atoms with Crippen LogP contribution in [0.2, 0.25) is 0 Å². The summed E-state index contributed by atoms with van der Waals surface area (Å²) in [6, 6.07) is 2.90. The van der Waals surface area contributed by atoms with E-state index in [0.29, 0.717) is 12.8 Å². The summed E-state index contributed by atoms with van der Waals surface area (Å²) < 4.78 is 42.0. The van der Waals surface area contributed by atoms with Gasteiger partial charge in [-0.15, -0.1) is 0 Å². The summed E-state index contributed by atoms with van der Waals surface area (Å²) in [5.74, 6) is -3.33. The SMILES string of the molecule is O=C(O)C1CCN(C(=O)c2ccc(OC(F)F)cc2F)CC1. The van der Waals surface area contributed by atoms with E-state index in [2.05, 4.69) is 4.74 Å². The zero-order valence-electron chi connectivity index (χ0n) is 11.5. The van der Waals surface area contributed by atoms with Gasteiger partial charge in [-0.05, 0) is 25.0 Å². The first kappa shape index (κ1) is 16.1. The average molecular weight is 317 g/mol. The van der Waals surface area contributed by atoms with Gasteiger partial charge in [-0.1, -0.05) is 0 Å². The van der Waals surface area contributed by atoms with Gasteiger partial charge in [0.25, 0.3) is 5.91 Å². The van der Waals surface area contributed by atoms with Crippen molar-refractivity contribution in [3.63, 3.8) is 0 Å². The fourth-order valence-electron chi connectivity index (χ4n) is 2.35. The Labute approximate surface area is 124 Å². The number of amides is 1. The second-order valence-electron chi connectivity index (χ2n) is 4.92. The molecule has 0 bridgehead atoms. The lowest BCUT2D eigenvalue weighted by Gasteiger charge is -2.30. The fraction of sp³-hybridized carbons (Fsp3) is 0.429. The Morgan fingerprint density at radius 1 is 1.27 bits per heavy atom. The molecule has 0 atom stereocenters. The molecule has 1 aliphatic rings. The van der Waals surface area contributed by atoms with Gasteiger partial charge in [-0.3, -0.25) is 9.59 Å². The quantitative estimate of drug-likeness (QED) is 0.926. The minimum absolute atomic E-state index is 0.213. The predicted octanol–water partition coefficient (Wildman–Crippen LogP) is 2.36. The number of halogens is 3. The molecule has 5 nitrogen and oxygen atoms in total. The second kappa shape index (κ2) is 6.67. The van der Waals surface area contributed by atoms with Crippen LogP contribution >= 0.6 is 0 Å². The van der Waals surface area contributed by atoms with E-state index in [1.807, 2.05) is 0 Å². The van der Waals surface area contributed by atoms with Crippen LogP contribution in [0.25, 0.3) is 0 Å².